The van der Waals surface area contributed by atoms with Gasteiger partial charge in [0.15, 0.2) is 0 Å². The molecule has 0 radical (unpaired) electrons. The first-order chi connectivity index (χ1) is 7.81. The predicted octanol–water partition coefficient (Wildman–Crippen LogP) is 2.10. The third kappa shape index (κ3) is 2.24. The summed E-state index contributed by atoms with van der Waals surface area (Å²) in [6, 6.07) is 7.29. The molecule has 1 aliphatic heterocycles. The Kier molecular flexibility index (Phi) is 3.25. The highest BCUT2D eigenvalue weighted by Crippen LogP contribution is 2.14. The van der Waals surface area contributed by atoms with Crippen molar-refractivity contribution in [1.82, 2.24) is 4.90 Å². The maximum absolute atomic E-state index is 12.0. The van der Waals surface area contributed by atoms with Gasteiger partial charge in [0.25, 0.3) is 5.91 Å². The van der Waals surface area contributed by atoms with E-state index in [4.69, 9.17) is 4.74 Å². The summed E-state index contributed by atoms with van der Waals surface area (Å²) < 4.78 is 5.33. The topological polar surface area (TPSA) is 29.5 Å². The number of amides is 1. The van der Waals surface area contributed by atoms with E-state index in [1.165, 1.54) is 0 Å². The zero-order valence-electron chi connectivity index (χ0n) is 9.35. The average Bonchev–Trinajstić information content (AvgIpc) is 2.83. The number of carbonyl (C=O) groups is 1. The first-order valence-corrected chi connectivity index (χ1v) is 5.48. The van der Waals surface area contributed by atoms with Crippen LogP contribution in [0.2, 0.25) is 0 Å². The van der Waals surface area contributed by atoms with Crippen molar-refractivity contribution in [1.29, 1.82) is 0 Å². The number of benzene rings is 1. The zero-order chi connectivity index (χ0) is 11.4. The number of hydrogen-bond donors (Lipinski definition) is 0. The van der Waals surface area contributed by atoms with E-state index in [2.05, 4.69) is 0 Å². The SMILES string of the molecule is CCOc1ccc(C(=O)N2CC=CC2)cc1. The second-order valence-corrected chi connectivity index (χ2v) is 3.64. The molecule has 0 bridgehead atoms. The molecule has 1 amide bonds. The highest BCUT2D eigenvalue weighted by molar-refractivity contribution is 5.94. The smallest absolute Gasteiger partial charge is 0.254 e. The number of hydrogen-bond acceptors (Lipinski definition) is 2. The molecule has 0 atom stereocenters. The van der Waals surface area contributed by atoms with Crippen molar-refractivity contribution in [2.24, 2.45) is 0 Å². The number of nitrogens with zero attached hydrogens (tertiary/aromatic N) is 1. The second-order valence-electron chi connectivity index (χ2n) is 3.64. The van der Waals surface area contributed by atoms with Crippen LogP contribution in [-0.2, 0) is 0 Å². The van der Waals surface area contributed by atoms with Crippen LogP contribution >= 0.6 is 0 Å². The molecule has 1 aliphatic rings. The van der Waals surface area contributed by atoms with E-state index in [1.54, 1.807) is 4.90 Å². The standard InChI is InChI=1S/C13H15NO2/c1-2-16-12-7-5-11(6-8-12)13(15)14-9-3-4-10-14/h3-8H,2,9-10H2,1H3. The molecule has 0 spiro atoms. The molecule has 0 aliphatic carbocycles. The highest BCUT2D eigenvalue weighted by atomic mass is 16.5. The molecule has 3 heteroatoms. The van der Waals surface area contributed by atoms with Crippen LogP contribution in [0.15, 0.2) is 36.4 Å². The van der Waals surface area contributed by atoms with Crippen molar-refractivity contribution < 1.29 is 9.53 Å². The fourth-order valence-corrected chi connectivity index (χ4v) is 1.69. The van der Waals surface area contributed by atoms with Gasteiger partial charge in [-0.15, -0.1) is 0 Å². The molecule has 0 unspecified atom stereocenters. The third-order valence-electron chi connectivity index (χ3n) is 2.52. The molecule has 1 heterocycles. The summed E-state index contributed by atoms with van der Waals surface area (Å²) in [6.45, 7) is 4.01. The second kappa shape index (κ2) is 4.84. The minimum absolute atomic E-state index is 0.0769. The Morgan fingerprint density at radius 3 is 2.44 bits per heavy atom. The van der Waals surface area contributed by atoms with E-state index in [-0.39, 0.29) is 5.91 Å². The van der Waals surface area contributed by atoms with Gasteiger partial charge in [0, 0.05) is 18.7 Å². The maximum atomic E-state index is 12.0. The molecular formula is C13H15NO2. The fraction of sp³-hybridized carbons (Fsp3) is 0.308. The van der Waals surface area contributed by atoms with Gasteiger partial charge in [-0.05, 0) is 31.2 Å². The molecule has 0 N–H and O–H groups in total. The van der Waals surface area contributed by atoms with Crippen LogP contribution in [-0.4, -0.2) is 30.5 Å². The molecule has 0 fully saturated rings. The lowest BCUT2D eigenvalue weighted by Crippen LogP contribution is -2.28. The third-order valence-corrected chi connectivity index (χ3v) is 2.52. The van der Waals surface area contributed by atoms with Crippen LogP contribution < -0.4 is 4.74 Å². The molecule has 2 rings (SSSR count). The lowest BCUT2D eigenvalue weighted by Gasteiger charge is -2.15. The summed E-state index contributed by atoms with van der Waals surface area (Å²) in [4.78, 5) is 13.8. The van der Waals surface area contributed by atoms with Gasteiger partial charge in [-0.3, -0.25) is 4.79 Å². The van der Waals surface area contributed by atoms with Crippen LogP contribution in [0.1, 0.15) is 17.3 Å². The van der Waals surface area contributed by atoms with Crippen LogP contribution in [0.25, 0.3) is 0 Å². The van der Waals surface area contributed by atoms with Gasteiger partial charge in [0.05, 0.1) is 6.61 Å². The summed E-state index contributed by atoms with van der Waals surface area (Å²) in [6.07, 6.45) is 4.01. The minimum Gasteiger partial charge on any atom is -0.494 e. The average molecular weight is 217 g/mol. The molecule has 3 nitrogen and oxygen atoms in total. The van der Waals surface area contributed by atoms with E-state index < -0.39 is 0 Å². The summed E-state index contributed by atoms with van der Waals surface area (Å²) in [5.41, 5.74) is 0.715. The van der Waals surface area contributed by atoms with Crippen molar-refractivity contribution in [2.45, 2.75) is 6.92 Å². The van der Waals surface area contributed by atoms with E-state index in [1.807, 2.05) is 43.3 Å². The molecule has 0 aromatic heterocycles. The van der Waals surface area contributed by atoms with Crippen molar-refractivity contribution in [3.8, 4) is 5.75 Å². The van der Waals surface area contributed by atoms with Crippen LogP contribution in [0, 0.1) is 0 Å². The van der Waals surface area contributed by atoms with E-state index in [0.29, 0.717) is 25.3 Å². The number of ether oxygens (including phenoxy) is 1. The summed E-state index contributed by atoms with van der Waals surface area (Å²) in [5.74, 6) is 0.881. The zero-order valence-corrected chi connectivity index (χ0v) is 9.35. The van der Waals surface area contributed by atoms with Gasteiger partial charge in [0.2, 0.25) is 0 Å². The largest absolute Gasteiger partial charge is 0.494 e. The van der Waals surface area contributed by atoms with Crippen molar-refractivity contribution in [3.05, 3.63) is 42.0 Å². The molecule has 0 saturated carbocycles. The Hall–Kier alpha value is -1.77. The molecule has 1 aromatic rings. The Morgan fingerprint density at radius 1 is 1.25 bits per heavy atom. The molecular weight excluding hydrogens is 202 g/mol. The van der Waals surface area contributed by atoms with Gasteiger partial charge >= 0.3 is 0 Å². The molecule has 1 aromatic carbocycles. The molecule has 84 valence electrons. The lowest BCUT2D eigenvalue weighted by atomic mass is 10.2. The lowest BCUT2D eigenvalue weighted by molar-refractivity contribution is 0.0800. The first-order valence-electron chi connectivity index (χ1n) is 5.48. The Labute approximate surface area is 95.3 Å². The monoisotopic (exact) mass is 217 g/mol. The van der Waals surface area contributed by atoms with Crippen molar-refractivity contribution in [3.63, 3.8) is 0 Å². The quantitative estimate of drug-likeness (QED) is 0.726. The van der Waals surface area contributed by atoms with Crippen LogP contribution in [0.3, 0.4) is 0 Å². The minimum atomic E-state index is 0.0769. The van der Waals surface area contributed by atoms with Crippen molar-refractivity contribution >= 4 is 5.91 Å². The normalized spacial score (nSPS) is 14.2. The maximum Gasteiger partial charge on any atom is 0.254 e. The fourth-order valence-electron chi connectivity index (χ4n) is 1.69. The van der Waals surface area contributed by atoms with Crippen LogP contribution in [0.4, 0.5) is 0 Å². The van der Waals surface area contributed by atoms with Gasteiger partial charge in [-0.25, -0.2) is 0 Å². The van der Waals surface area contributed by atoms with Crippen molar-refractivity contribution in [2.75, 3.05) is 19.7 Å². The molecule has 16 heavy (non-hydrogen) atoms. The van der Waals surface area contributed by atoms with E-state index in [9.17, 15) is 4.79 Å². The Morgan fingerprint density at radius 2 is 1.88 bits per heavy atom. The van der Waals surface area contributed by atoms with Gasteiger partial charge in [-0.1, -0.05) is 12.2 Å². The summed E-state index contributed by atoms with van der Waals surface area (Å²) >= 11 is 0. The highest BCUT2D eigenvalue weighted by Gasteiger charge is 2.15. The Bertz CT molecular complexity index is 387. The van der Waals surface area contributed by atoms with E-state index in [0.717, 1.165) is 5.75 Å². The van der Waals surface area contributed by atoms with Crippen LogP contribution in [0.5, 0.6) is 5.75 Å². The Balaban J connectivity index is 2.06. The van der Waals surface area contributed by atoms with Gasteiger partial charge in [-0.2, -0.15) is 0 Å². The summed E-state index contributed by atoms with van der Waals surface area (Å²) in [7, 11) is 0. The predicted molar refractivity (Wildman–Crippen MR) is 62.7 cm³/mol. The molecule has 0 saturated heterocycles. The van der Waals surface area contributed by atoms with Gasteiger partial charge < -0.3 is 9.64 Å². The number of carbonyl (C=O) groups excluding carboxylic acids is 1. The summed E-state index contributed by atoms with van der Waals surface area (Å²) in [5, 5.41) is 0. The number of rotatable bonds is 3. The van der Waals surface area contributed by atoms with E-state index >= 15 is 0 Å². The van der Waals surface area contributed by atoms with Gasteiger partial charge in [0.1, 0.15) is 5.75 Å². The first kappa shape index (κ1) is 10.7.